The predicted molar refractivity (Wildman–Crippen MR) is 80.5 cm³/mol. The van der Waals surface area contributed by atoms with Crippen molar-refractivity contribution in [3.63, 3.8) is 0 Å². The van der Waals surface area contributed by atoms with Gasteiger partial charge in [0.15, 0.2) is 0 Å². The van der Waals surface area contributed by atoms with Gasteiger partial charge in [-0.1, -0.05) is 29.9 Å². The van der Waals surface area contributed by atoms with Gasteiger partial charge in [0, 0.05) is 5.56 Å². The zero-order valence-corrected chi connectivity index (χ0v) is 12.3. The quantitative estimate of drug-likeness (QED) is 0.832. The van der Waals surface area contributed by atoms with Gasteiger partial charge < -0.3 is 14.9 Å². The highest BCUT2D eigenvalue weighted by Gasteiger charge is 2.19. The highest BCUT2D eigenvalue weighted by atomic mass is 16.5. The van der Waals surface area contributed by atoms with E-state index >= 15 is 0 Å². The molecule has 108 valence electrons. The Bertz CT molecular complexity index is 537. The molecule has 0 fully saturated rings. The molecule has 3 nitrogen and oxygen atoms in total. The van der Waals surface area contributed by atoms with Gasteiger partial charge in [-0.25, -0.2) is 0 Å². The van der Waals surface area contributed by atoms with E-state index in [4.69, 9.17) is 4.74 Å². The fraction of sp³-hybridized carbons (Fsp3) is 0.412. The van der Waals surface area contributed by atoms with Crippen LogP contribution in [0.1, 0.15) is 37.5 Å². The van der Waals surface area contributed by atoms with Crippen molar-refractivity contribution in [3.05, 3.63) is 46.5 Å². The Balaban J connectivity index is 2.39. The lowest BCUT2D eigenvalue weighted by molar-refractivity contribution is -0.00920. The van der Waals surface area contributed by atoms with Crippen LogP contribution in [0.2, 0.25) is 0 Å². The Labute approximate surface area is 120 Å². The number of hydrogen-bond acceptors (Lipinski definition) is 3. The molecule has 0 amide bonds. The number of allylic oxidation sites excluding steroid dienone is 2. The van der Waals surface area contributed by atoms with Gasteiger partial charge in [-0.15, -0.1) is 0 Å². The lowest BCUT2D eigenvalue weighted by Crippen LogP contribution is -2.23. The third-order valence-electron chi connectivity index (χ3n) is 3.50. The Hall–Kier alpha value is -1.58. The summed E-state index contributed by atoms with van der Waals surface area (Å²) in [4.78, 5) is 0. The summed E-state index contributed by atoms with van der Waals surface area (Å²) in [5.41, 5.74) is 4.22. The van der Waals surface area contributed by atoms with Crippen LogP contribution in [-0.4, -0.2) is 22.4 Å². The topological polar surface area (TPSA) is 49.7 Å². The number of hydrogen-bond donors (Lipinski definition) is 2. The van der Waals surface area contributed by atoms with E-state index < -0.39 is 6.10 Å². The van der Waals surface area contributed by atoms with Crippen molar-refractivity contribution >= 4 is 6.08 Å². The smallest absolute Gasteiger partial charge is 0.121 e. The molecule has 2 unspecified atom stereocenters. The molecule has 0 saturated carbocycles. The van der Waals surface area contributed by atoms with Crippen LogP contribution in [0.4, 0.5) is 0 Å². The highest BCUT2D eigenvalue weighted by molar-refractivity contribution is 5.63. The Morgan fingerprint density at radius 2 is 2.20 bits per heavy atom. The molecule has 1 aromatic carbocycles. The van der Waals surface area contributed by atoms with E-state index in [0.29, 0.717) is 6.61 Å². The molecule has 0 saturated heterocycles. The van der Waals surface area contributed by atoms with Gasteiger partial charge in [-0.2, -0.15) is 0 Å². The normalized spacial score (nSPS) is 19.1. The minimum atomic E-state index is -0.566. The van der Waals surface area contributed by atoms with Gasteiger partial charge >= 0.3 is 0 Å². The average Bonchev–Trinajstić information content (AvgIpc) is 2.61. The molecule has 2 atom stereocenters. The number of fused-ring (bicyclic) bond motifs is 1. The number of benzene rings is 1. The first-order valence-corrected chi connectivity index (χ1v) is 6.94. The monoisotopic (exact) mass is 274 g/mol. The second-order valence-electron chi connectivity index (χ2n) is 5.50. The minimum Gasteiger partial charge on any atom is -0.508 e. The second kappa shape index (κ2) is 6.25. The lowest BCUT2D eigenvalue weighted by Gasteiger charge is -2.15. The number of rotatable bonds is 3. The molecule has 0 bridgehead atoms. The first-order chi connectivity index (χ1) is 9.49. The van der Waals surface area contributed by atoms with Gasteiger partial charge in [-0.05, 0) is 44.4 Å². The van der Waals surface area contributed by atoms with Gasteiger partial charge in [0.2, 0.25) is 0 Å². The molecule has 1 aliphatic heterocycles. The number of ether oxygens (including phenoxy) is 1. The molecule has 1 heterocycles. The lowest BCUT2D eigenvalue weighted by atomic mass is 9.97. The van der Waals surface area contributed by atoms with Gasteiger partial charge in [0.1, 0.15) is 11.9 Å². The van der Waals surface area contributed by atoms with Crippen LogP contribution in [0.25, 0.3) is 6.08 Å². The first-order valence-electron chi connectivity index (χ1n) is 6.94. The summed E-state index contributed by atoms with van der Waals surface area (Å²) < 4.78 is 5.64. The van der Waals surface area contributed by atoms with Gasteiger partial charge in [-0.3, -0.25) is 0 Å². The molecule has 0 aliphatic carbocycles. The number of phenols is 1. The zero-order chi connectivity index (χ0) is 14.7. The van der Waals surface area contributed by atoms with Crippen molar-refractivity contribution in [3.8, 4) is 5.75 Å². The molecule has 1 aromatic rings. The molecule has 0 spiro atoms. The first kappa shape index (κ1) is 14.8. The molecule has 3 heteroatoms. The maximum atomic E-state index is 10.0. The number of phenolic OH excluding ortho intramolecular Hbond substituents is 1. The summed E-state index contributed by atoms with van der Waals surface area (Å²) in [5.74, 6) is 0.247. The van der Waals surface area contributed by atoms with E-state index in [9.17, 15) is 10.2 Å². The molecule has 1 aliphatic rings. The van der Waals surface area contributed by atoms with Crippen LogP contribution in [0.15, 0.2) is 29.9 Å². The summed E-state index contributed by atoms with van der Waals surface area (Å²) in [7, 11) is 0. The summed E-state index contributed by atoms with van der Waals surface area (Å²) in [6, 6.07) is 3.66. The molecule has 0 radical (unpaired) electrons. The van der Waals surface area contributed by atoms with Crippen LogP contribution >= 0.6 is 0 Å². The van der Waals surface area contributed by atoms with E-state index in [1.165, 1.54) is 5.57 Å². The summed E-state index contributed by atoms with van der Waals surface area (Å²) in [5, 5.41) is 19.7. The predicted octanol–water partition coefficient (Wildman–Crippen LogP) is 3.19. The Morgan fingerprint density at radius 1 is 1.45 bits per heavy atom. The van der Waals surface area contributed by atoms with E-state index in [1.807, 2.05) is 18.2 Å². The summed E-state index contributed by atoms with van der Waals surface area (Å²) in [6.07, 6.45) is 5.91. The van der Waals surface area contributed by atoms with E-state index in [2.05, 4.69) is 19.9 Å². The van der Waals surface area contributed by atoms with Crippen molar-refractivity contribution in [1.29, 1.82) is 0 Å². The standard InChI is InChI=1S/C17H22O3/c1-11(2)4-5-13-6-8-16(19)15-10-20-17(12(3)18)9-7-14(13)15/h4,6-9,12,17-19H,5,10H2,1-3H3. The maximum Gasteiger partial charge on any atom is 0.121 e. The summed E-state index contributed by atoms with van der Waals surface area (Å²) >= 11 is 0. The third-order valence-corrected chi connectivity index (χ3v) is 3.50. The average molecular weight is 274 g/mol. The zero-order valence-electron chi connectivity index (χ0n) is 12.3. The summed E-state index contributed by atoms with van der Waals surface area (Å²) in [6.45, 7) is 6.16. The van der Waals surface area contributed by atoms with Crippen LogP contribution < -0.4 is 0 Å². The third kappa shape index (κ3) is 3.30. The van der Waals surface area contributed by atoms with Crippen molar-refractivity contribution in [2.45, 2.75) is 46.0 Å². The molecule has 2 N–H and O–H groups in total. The number of aliphatic hydroxyl groups is 1. The van der Waals surface area contributed by atoms with Crippen LogP contribution in [0, 0.1) is 0 Å². The van der Waals surface area contributed by atoms with Crippen LogP contribution in [0.5, 0.6) is 5.75 Å². The van der Waals surface area contributed by atoms with E-state index in [0.717, 1.165) is 23.1 Å². The van der Waals surface area contributed by atoms with Gasteiger partial charge in [0.05, 0.1) is 12.7 Å². The number of aliphatic hydroxyl groups excluding tert-OH is 1. The van der Waals surface area contributed by atoms with E-state index in [-0.39, 0.29) is 11.9 Å². The molecular weight excluding hydrogens is 252 g/mol. The van der Waals surface area contributed by atoms with Crippen molar-refractivity contribution < 1.29 is 14.9 Å². The SMILES string of the molecule is CC(C)=CCc1ccc(O)c2c1C=CC(C(C)O)OC2. The van der Waals surface area contributed by atoms with Crippen LogP contribution in [-0.2, 0) is 17.8 Å². The van der Waals surface area contributed by atoms with Crippen molar-refractivity contribution in [2.75, 3.05) is 0 Å². The maximum absolute atomic E-state index is 10.0. The van der Waals surface area contributed by atoms with Gasteiger partial charge in [0.25, 0.3) is 0 Å². The Kier molecular flexibility index (Phi) is 4.63. The van der Waals surface area contributed by atoms with Crippen LogP contribution in [0.3, 0.4) is 0 Å². The molecule has 20 heavy (non-hydrogen) atoms. The Morgan fingerprint density at radius 3 is 2.85 bits per heavy atom. The fourth-order valence-electron chi connectivity index (χ4n) is 2.28. The van der Waals surface area contributed by atoms with E-state index in [1.54, 1.807) is 13.0 Å². The highest BCUT2D eigenvalue weighted by Crippen LogP contribution is 2.30. The second-order valence-corrected chi connectivity index (χ2v) is 5.50. The molecule has 0 aromatic heterocycles. The van der Waals surface area contributed by atoms with Crippen molar-refractivity contribution in [1.82, 2.24) is 0 Å². The molecule has 2 rings (SSSR count). The van der Waals surface area contributed by atoms with Crippen molar-refractivity contribution in [2.24, 2.45) is 0 Å². The largest absolute Gasteiger partial charge is 0.508 e. The minimum absolute atomic E-state index is 0.247. The molecular formula is C17H22O3. The number of aromatic hydroxyl groups is 1. The fourth-order valence-corrected chi connectivity index (χ4v) is 2.28.